The van der Waals surface area contributed by atoms with Gasteiger partial charge < -0.3 is 19.5 Å². The molecule has 28 heavy (non-hydrogen) atoms. The Morgan fingerprint density at radius 2 is 2.00 bits per heavy atom. The molecule has 2 fully saturated rings. The van der Waals surface area contributed by atoms with Crippen LogP contribution in [-0.2, 0) is 4.74 Å². The molecule has 0 unspecified atom stereocenters. The highest BCUT2D eigenvalue weighted by atomic mass is 16.5. The van der Waals surface area contributed by atoms with Crippen molar-refractivity contribution in [2.75, 3.05) is 31.6 Å². The number of aromatic nitrogens is 2. The Hall–Kier alpha value is -2.67. The van der Waals surface area contributed by atoms with Gasteiger partial charge in [-0.25, -0.2) is 4.79 Å². The van der Waals surface area contributed by atoms with Gasteiger partial charge in [-0.2, -0.15) is 4.98 Å². The van der Waals surface area contributed by atoms with Crippen LogP contribution in [0.1, 0.15) is 35.4 Å². The Morgan fingerprint density at radius 3 is 2.68 bits per heavy atom. The fourth-order valence-electron chi connectivity index (χ4n) is 4.26. The summed E-state index contributed by atoms with van der Waals surface area (Å²) in [6.45, 7) is 3.69. The highest BCUT2D eigenvalue weighted by Crippen LogP contribution is 2.38. The van der Waals surface area contributed by atoms with Crippen molar-refractivity contribution in [3.05, 3.63) is 58.3 Å². The van der Waals surface area contributed by atoms with E-state index in [1.54, 1.807) is 17.9 Å². The fourth-order valence-corrected chi connectivity index (χ4v) is 4.26. The zero-order valence-electron chi connectivity index (χ0n) is 16.4. The lowest BCUT2D eigenvalue weighted by Crippen LogP contribution is -2.47. The summed E-state index contributed by atoms with van der Waals surface area (Å²) in [7, 11) is 2.11. The van der Waals surface area contributed by atoms with E-state index in [-0.39, 0.29) is 17.2 Å². The first-order valence-electron chi connectivity index (χ1n) is 9.75. The summed E-state index contributed by atoms with van der Waals surface area (Å²) in [5.74, 6) is -0.181. The second-order valence-electron chi connectivity index (χ2n) is 7.85. The van der Waals surface area contributed by atoms with Crippen LogP contribution in [0.2, 0.25) is 0 Å². The highest BCUT2D eigenvalue weighted by Gasteiger charge is 2.44. The number of hydrogen-bond donors (Lipinski definition) is 1. The number of likely N-dealkylation sites (tertiary alicyclic amines) is 1. The van der Waals surface area contributed by atoms with E-state index >= 15 is 0 Å². The van der Waals surface area contributed by atoms with E-state index < -0.39 is 5.69 Å². The Balaban J connectivity index is 1.39. The molecule has 1 atom stereocenters. The minimum Gasteiger partial charge on any atom is -0.373 e. The van der Waals surface area contributed by atoms with Crippen LogP contribution in [0, 0.1) is 6.92 Å². The Kier molecular flexibility index (Phi) is 4.93. The molecule has 2 aliphatic rings. The average Bonchev–Trinajstić information content (AvgIpc) is 3.11. The number of benzene rings is 1. The third-order valence-electron chi connectivity index (χ3n) is 5.96. The van der Waals surface area contributed by atoms with E-state index in [2.05, 4.69) is 34.0 Å². The number of piperidine rings is 1. The number of aryl methyl sites for hydroxylation is 1. The molecular weight excluding hydrogens is 356 g/mol. The smallest absolute Gasteiger partial charge is 0.345 e. The van der Waals surface area contributed by atoms with Crippen molar-refractivity contribution < 1.29 is 9.53 Å². The van der Waals surface area contributed by atoms with Crippen molar-refractivity contribution >= 4 is 11.6 Å². The summed E-state index contributed by atoms with van der Waals surface area (Å²) in [5, 5.41) is 0. The van der Waals surface area contributed by atoms with E-state index in [0.29, 0.717) is 31.4 Å². The van der Waals surface area contributed by atoms with Crippen molar-refractivity contribution in [2.24, 2.45) is 0 Å². The van der Waals surface area contributed by atoms with E-state index in [0.717, 1.165) is 19.3 Å². The van der Waals surface area contributed by atoms with Crippen LogP contribution in [0.5, 0.6) is 0 Å². The maximum absolute atomic E-state index is 12.7. The molecule has 148 valence electrons. The van der Waals surface area contributed by atoms with Gasteiger partial charge in [0.15, 0.2) is 0 Å². The lowest BCUT2D eigenvalue weighted by atomic mass is 9.87. The predicted molar refractivity (Wildman–Crippen MR) is 107 cm³/mol. The molecule has 3 heterocycles. The Bertz CT molecular complexity index is 903. The van der Waals surface area contributed by atoms with Crippen molar-refractivity contribution in [1.29, 1.82) is 0 Å². The molecule has 1 aromatic carbocycles. The number of nitrogens with one attached hydrogen (secondary N) is 1. The van der Waals surface area contributed by atoms with E-state index in [9.17, 15) is 9.59 Å². The summed E-state index contributed by atoms with van der Waals surface area (Å²) < 4.78 is 6.26. The number of aromatic amines is 1. The molecule has 1 spiro atoms. The third-order valence-corrected chi connectivity index (χ3v) is 5.96. The average molecular weight is 382 g/mol. The molecule has 7 nitrogen and oxygen atoms in total. The molecule has 0 aliphatic carbocycles. The number of amides is 1. The molecule has 2 saturated heterocycles. The number of likely N-dealkylation sites (N-methyl/N-ethyl adjacent to an activating group) is 1. The molecule has 2 aromatic rings. The summed E-state index contributed by atoms with van der Waals surface area (Å²) in [4.78, 5) is 34.8. The second kappa shape index (κ2) is 7.39. The molecule has 7 heteroatoms. The van der Waals surface area contributed by atoms with Gasteiger partial charge in [0.05, 0.1) is 18.2 Å². The van der Waals surface area contributed by atoms with E-state index in [4.69, 9.17) is 4.74 Å². The number of para-hydroxylation sites is 1. The molecule has 1 aromatic heterocycles. The van der Waals surface area contributed by atoms with Crippen molar-refractivity contribution in [3.8, 4) is 0 Å². The maximum Gasteiger partial charge on any atom is 0.345 e. The molecule has 4 rings (SSSR count). The molecule has 2 aliphatic heterocycles. The lowest BCUT2D eigenvalue weighted by Gasteiger charge is -2.39. The number of carbonyl (C=O) groups is 1. The van der Waals surface area contributed by atoms with Gasteiger partial charge in [-0.3, -0.25) is 4.79 Å². The van der Waals surface area contributed by atoms with Crippen molar-refractivity contribution in [2.45, 2.75) is 37.8 Å². The molecular formula is C21H26N4O3. The SMILES string of the molecule is Cc1cc(C(=O)N2CCC3(CC2)C[C@H](N(C)c2ccccc2)CO3)nc(=O)[nH]1. The number of rotatable bonds is 3. The molecule has 1 amide bonds. The topological polar surface area (TPSA) is 78.5 Å². The van der Waals surface area contributed by atoms with E-state index in [1.807, 2.05) is 18.2 Å². The van der Waals surface area contributed by atoms with Crippen LogP contribution in [0.15, 0.2) is 41.2 Å². The minimum atomic E-state index is -0.484. The first-order valence-corrected chi connectivity index (χ1v) is 9.75. The van der Waals surface area contributed by atoms with Crippen LogP contribution < -0.4 is 10.6 Å². The molecule has 1 N–H and O–H groups in total. The first kappa shape index (κ1) is 18.7. The van der Waals surface area contributed by atoms with Crippen molar-refractivity contribution in [1.82, 2.24) is 14.9 Å². The second-order valence-corrected chi connectivity index (χ2v) is 7.85. The summed E-state index contributed by atoms with van der Waals surface area (Å²) in [6, 6.07) is 12.3. The van der Waals surface area contributed by atoms with E-state index in [1.165, 1.54) is 5.69 Å². The number of ether oxygens (including phenoxy) is 1. The highest BCUT2D eigenvalue weighted by molar-refractivity contribution is 5.92. The zero-order chi connectivity index (χ0) is 19.7. The van der Waals surface area contributed by atoms with Gasteiger partial charge in [0, 0.05) is 31.5 Å². The molecule has 0 saturated carbocycles. The number of nitrogens with zero attached hydrogens (tertiary/aromatic N) is 3. The largest absolute Gasteiger partial charge is 0.373 e. The van der Waals surface area contributed by atoms with Gasteiger partial charge >= 0.3 is 5.69 Å². The Labute approximate surface area is 164 Å². The summed E-state index contributed by atoms with van der Waals surface area (Å²) in [6.07, 6.45) is 2.57. The minimum absolute atomic E-state index is 0.165. The zero-order valence-corrected chi connectivity index (χ0v) is 16.4. The van der Waals surface area contributed by atoms with Gasteiger partial charge in [-0.15, -0.1) is 0 Å². The standard InChI is InChI=1S/C21H26N4O3/c1-15-12-18(23-20(27)22-15)19(26)25-10-8-21(9-11-25)13-17(14-28-21)24(2)16-6-4-3-5-7-16/h3-7,12,17H,8-11,13-14H2,1-2H3,(H,22,23,27)/t17-/m0/s1. The van der Waals surface area contributed by atoms with Gasteiger partial charge in [0.25, 0.3) is 5.91 Å². The third kappa shape index (κ3) is 3.67. The maximum atomic E-state index is 12.7. The van der Waals surface area contributed by atoms with Crippen LogP contribution in [-0.4, -0.2) is 59.2 Å². The predicted octanol–water partition coefficient (Wildman–Crippen LogP) is 1.98. The van der Waals surface area contributed by atoms with Crippen LogP contribution in [0.4, 0.5) is 5.69 Å². The Morgan fingerprint density at radius 1 is 1.29 bits per heavy atom. The molecule has 0 radical (unpaired) electrons. The normalized spacial score (nSPS) is 21.1. The van der Waals surface area contributed by atoms with Crippen LogP contribution in [0.3, 0.4) is 0 Å². The van der Waals surface area contributed by atoms with Gasteiger partial charge in [0.2, 0.25) is 0 Å². The number of hydrogen-bond acceptors (Lipinski definition) is 5. The number of anilines is 1. The van der Waals surface area contributed by atoms with Crippen LogP contribution in [0.25, 0.3) is 0 Å². The molecule has 0 bridgehead atoms. The summed E-state index contributed by atoms with van der Waals surface area (Å²) in [5.41, 5.74) is 1.40. The lowest BCUT2D eigenvalue weighted by molar-refractivity contribution is -0.0389. The van der Waals surface area contributed by atoms with Crippen molar-refractivity contribution in [3.63, 3.8) is 0 Å². The van der Waals surface area contributed by atoms with Crippen LogP contribution >= 0.6 is 0 Å². The number of carbonyl (C=O) groups excluding carboxylic acids is 1. The van der Waals surface area contributed by atoms with Gasteiger partial charge in [0.1, 0.15) is 5.69 Å². The first-order chi connectivity index (χ1) is 13.5. The number of H-pyrrole nitrogens is 1. The monoisotopic (exact) mass is 382 g/mol. The van der Waals surface area contributed by atoms with Gasteiger partial charge in [-0.1, -0.05) is 18.2 Å². The quantitative estimate of drug-likeness (QED) is 0.878. The van der Waals surface area contributed by atoms with Gasteiger partial charge in [-0.05, 0) is 44.4 Å². The fraction of sp³-hybridized carbons (Fsp3) is 0.476. The summed E-state index contributed by atoms with van der Waals surface area (Å²) >= 11 is 0.